The van der Waals surface area contributed by atoms with E-state index in [4.69, 9.17) is 9.15 Å². The molecule has 0 spiro atoms. The van der Waals surface area contributed by atoms with Gasteiger partial charge >= 0.3 is 0 Å². The molecule has 3 rings (SSSR count). The Labute approximate surface area is 131 Å². The molecule has 2 aromatic carbocycles. The molecule has 0 radical (unpaired) electrons. The lowest BCUT2D eigenvalue weighted by Gasteiger charge is -2.07. The molecule has 0 N–H and O–H groups in total. The fourth-order valence-corrected chi connectivity index (χ4v) is 2.32. The average Bonchev–Trinajstić information content (AvgIpc) is 2.55. The van der Waals surface area contributed by atoms with Crippen LogP contribution in [0.25, 0.3) is 22.3 Å². The minimum Gasteiger partial charge on any atom is -0.494 e. The normalized spacial score (nSPS) is 10.2. The van der Waals surface area contributed by atoms with Crippen LogP contribution in [0.15, 0.2) is 62.7 Å². The van der Waals surface area contributed by atoms with E-state index in [1.807, 2.05) is 6.07 Å². The van der Waals surface area contributed by atoms with Crippen LogP contribution >= 0.6 is 12.2 Å². The minimum atomic E-state index is -0.0863. The van der Waals surface area contributed by atoms with E-state index in [-0.39, 0.29) is 5.43 Å². The van der Waals surface area contributed by atoms with Crippen molar-refractivity contribution in [2.45, 2.75) is 0 Å². The van der Waals surface area contributed by atoms with Crippen molar-refractivity contribution in [3.8, 4) is 17.1 Å². The van der Waals surface area contributed by atoms with Crippen LogP contribution in [0.1, 0.15) is 0 Å². The van der Waals surface area contributed by atoms with Gasteiger partial charge in [0.25, 0.3) is 0 Å². The molecule has 0 saturated heterocycles. The highest BCUT2D eigenvalue weighted by Crippen LogP contribution is 2.32. The van der Waals surface area contributed by atoms with Crippen LogP contribution in [0.3, 0.4) is 0 Å². The second kappa shape index (κ2) is 5.93. The van der Waals surface area contributed by atoms with Gasteiger partial charge < -0.3 is 9.15 Å². The van der Waals surface area contributed by atoms with E-state index in [1.54, 1.807) is 36.4 Å². The van der Waals surface area contributed by atoms with Crippen LogP contribution in [0, 0.1) is 0 Å². The molecule has 22 heavy (non-hydrogen) atoms. The third-order valence-corrected chi connectivity index (χ3v) is 3.36. The van der Waals surface area contributed by atoms with E-state index in [2.05, 4.69) is 22.4 Å². The lowest BCUT2D eigenvalue weighted by molar-refractivity contribution is 0.416. The number of hydrogen-bond donors (Lipinski definition) is 0. The number of hydrogen-bond acceptors (Lipinski definition) is 5. The zero-order chi connectivity index (χ0) is 15.5. The molecule has 0 unspecified atom stereocenters. The minimum absolute atomic E-state index is 0.0863. The summed E-state index contributed by atoms with van der Waals surface area (Å²) in [7, 11) is 1.54. The topological polar surface area (TPSA) is 51.8 Å². The molecule has 0 amide bonds. The highest BCUT2D eigenvalue weighted by molar-refractivity contribution is 7.78. The Morgan fingerprint density at radius 3 is 2.77 bits per heavy atom. The summed E-state index contributed by atoms with van der Waals surface area (Å²) in [6.45, 7) is 0. The van der Waals surface area contributed by atoms with Gasteiger partial charge in [0.2, 0.25) is 0 Å². The largest absolute Gasteiger partial charge is 0.494 e. The summed E-state index contributed by atoms with van der Waals surface area (Å²) >= 11 is 4.61. The van der Waals surface area contributed by atoms with Gasteiger partial charge in [0.05, 0.1) is 17.7 Å². The van der Waals surface area contributed by atoms with Gasteiger partial charge in [-0.15, -0.1) is 0 Å². The standard InChI is InChI=1S/C17H11NO3S/c1-20-17-8-11(6-7-13(17)18-10-22)16-9-14(19)12-4-2-3-5-15(12)21-16/h2-9H,1H3. The smallest absolute Gasteiger partial charge is 0.193 e. The van der Waals surface area contributed by atoms with E-state index in [9.17, 15) is 4.79 Å². The lowest BCUT2D eigenvalue weighted by atomic mass is 10.1. The summed E-state index contributed by atoms with van der Waals surface area (Å²) in [6.07, 6.45) is 0. The van der Waals surface area contributed by atoms with Crippen LogP contribution in [-0.4, -0.2) is 12.3 Å². The molecule has 1 heterocycles. The van der Waals surface area contributed by atoms with Crippen molar-refractivity contribution in [3.05, 3.63) is 58.8 Å². The number of rotatable bonds is 3. The van der Waals surface area contributed by atoms with Crippen molar-refractivity contribution in [1.82, 2.24) is 0 Å². The summed E-state index contributed by atoms with van der Waals surface area (Å²) < 4.78 is 11.1. The quantitative estimate of drug-likeness (QED) is 0.537. The number of aliphatic imine (C=N–C) groups is 1. The van der Waals surface area contributed by atoms with Gasteiger partial charge in [0.1, 0.15) is 22.8 Å². The zero-order valence-corrected chi connectivity index (χ0v) is 12.5. The Bertz CT molecular complexity index is 956. The van der Waals surface area contributed by atoms with Crippen molar-refractivity contribution in [1.29, 1.82) is 0 Å². The Morgan fingerprint density at radius 1 is 1.18 bits per heavy atom. The predicted octanol–water partition coefficient (Wildman–Crippen LogP) is 4.20. The Morgan fingerprint density at radius 2 is 2.00 bits per heavy atom. The van der Waals surface area contributed by atoms with E-state index in [0.717, 1.165) is 5.56 Å². The van der Waals surface area contributed by atoms with E-state index in [0.29, 0.717) is 28.2 Å². The molecular formula is C17H11NO3S. The first-order valence-corrected chi connectivity index (χ1v) is 6.93. The van der Waals surface area contributed by atoms with Gasteiger partial charge in [-0.2, -0.15) is 4.99 Å². The van der Waals surface area contributed by atoms with Gasteiger partial charge in [0, 0.05) is 11.6 Å². The molecule has 0 bridgehead atoms. The average molecular weight is 309 g/mol. The number of nitrogens with zero attached hydrogens (tertiary/aromatic N) is 1. The van der Waals surface area contributed by atoms with Crippen LogP contribution < -0.4 is 10.2 Å². The SMILES string of the molecule is COc1cc(-c2cc(=O)c3ccccc3o2)ccc1N=C=S. The Kier molecular flexibility index (Phi) is 3.83. The van der Waals surface area contributed by atoms with Crippen LogP contribution in [0.5, 0.6) is 5.75 Å². The van der Waals surface area contributed by atoms with Crippen LogP contribution in [-0.2, 0) is 0 Å². The molecule has 0 aliphatic heterocycles. The fourth-order valence-electron chi connectivity index (χ4n) is 2.22. The maximum absolute atomic E-state index is 12.2. The number of ether oxygens (including phenoxy) is 1. The van der Waals surface area contributed by atoms with Crippen molar-refractivity contribution in [2.75, 3.05) is 7.11 Å². The molecule has 5 heteroatoms. The molecule has 0 aliphatic rings. The van der Waals surface area contributed by atoms with Gasteiger partial charge in [-0.05, 0) is 42.5 Å². The van der Waals surface area contributed by atoms with Gasteiger partial charge in [0.15, 0.2) is 5.43 Å². The van der Waals surface area contributed by atoms with Crippen LogP contribution in [0.2, 0.25) is 0 Å². The summed E-state index contributed by atoms with van der Waals surface area (Å²) in [5.41, 5.74) is 1.76. The summed E-state index contributed by atoms with van der Waals surface area (Å²) in [5.74, 6) is 1.01. The maximum Gasteiger partial charge on any atom is 0.193 e. The second-order valence-corrected chi connectivity index (χ2v) is 4.74. The molecule has 3 aromatic rings. The highest BCUT2D eigenvalue weighted by Gasteiger charge is 2.09. The maximum atomic E-state index is 12.2. The number of methoxy groups -OCH3 is 1. The first-order chi connectivity index (χ1) is 10.7. The second-order valence-electron chi connectivity index (χ2n) is 4.56. The number of para-hydroxylation sites is 1. The van der Waals surface area contributed by atoms with Gasteiger partial charge in [-0.25, -0.2) is 0 Å². The first kappa shape index (κ1) is 14.2. The Hall–Kier alpha value is -2.75. The van der Waals surface area contributed by atoms with E-state index in [1.165, 1.54) is 13.2 Å². The number of benzene rings is 2. The number of fused-ring (bicyclic) bond motifs is 1. The molecule has 0 saturated carbocycles. The first-order valence-electron chi connectivity index (χ1n) is 6.52. The molecule has 0 aliphatic carbocycles. The molecule has 0 atom stereocenters. The number of thiocarbonyl (C=S) groups is 1. The lowest BCUT2D eigenvalue weighted by Crippen LogP contribution is -1.99. The molecule has 4 nitrogen and oxygen atoms in total. The monoisotopic (exact) mass is 309 g/mol. The summed E-state index contributed by atoms with van der Waals surface area (Å²) in [4.78, 5) is 16.1. The third-order valence-electron chi connectivity index (χ3n) is 3.26. The predicted molar refractivity (Wildman–Crippen MR) is 89.2 cm³/mol. The van der Waals surface area contributed by atoms with Crippen molar-refractivity contribution in [3.63, 3.8) is 0 Å². The summed E-state index contributed by atoms with van der Waals surface area (Å²) in [5, 5.41) is 2.86. The highest BCUT2D eigenvalue weighted by atomic mass is 32.1. The zero-order valence-electron chi connectivity index (χ0n) is 11.7. The Balaban J connectivity index is 2.19. The van der Waals surface area contributed by atoms with Gasteiger partial charge in [-0.3, -0.25) is 4.79 Å². The third kappa shape index (κ3) is 2.55. The molecule has 1 aromatic heterocycles. The van der Waals surface area contributed by atoms with Gasteiger partial charge in [-0.1, -0.05) is 12.1 Å². The van der Waals surface area contributed by atoms with Crippen molar-refractivity contribution in [2.24, 2.45) is 4.99 Å². The van der Waals surface area contributed by atoms with Crippen molar-refractivity contribution >= 4 is 34.0 Å². The molecule has 0 fully saturated rings. The molecular weight excluding hydrogens is 298 g/mol. The van der Waals surface area contributed by atoms with E-state index >= 15 is 0 Å². The van der Waals surface area contributed by atoms with E-state index < -0.39 is 0 Å². The number of isothiocyanates is 1. The van der Waals surface area contributed by atoms with Crippen LogP contribution in [0.4, 0.5) is 5.69 Å². The molecule has 108 valence electrons. The fraction of sp³-hybridized carbons (Fsp3) is 0.0588. The summed E-state index contributed by atoms with van der Waals surface area (Å²) in [6, 6.07) is 13.9. The van der Waals surface area contributed by atoms with Crippen molar-refractivity contribution < 1.29 is 9.15 Å².